The van der Waals surface area contributed by atoms with Gasteiger partial charge in [0, 0.05) is 0 Å². The molecule has 1 unspecified atom stereocenters. The molecule has 1 N–H and O–H groups in total. The molecular weight excluding hydrogens is 229 g/mol. The molecule has 0 saturated carbocycles. The number of hydrogen-bond acceptors (Lipinski definition) is 1. The van der Waals surface area contributed by atoms with Gasteiger partial charge in [0.25, 0.3) is 0 Å². The maximum Gasteiger partial charge on any atom is 0.416 e. The molecule has 1 aliphatic rings. The largest absolute Gasteiger partial charge is 0.416 e. The summed E-state index contributed by atoms with van der Waals surface area (Å²) in [6, 6.07) is 4.89. The molecule has 0 amide bonds. The second-order valence-corrected chi connectivity index (χ2v) is 4.20. The summed E-state index contributed by atoms with van der Waals surface area (Å²) in [5, 5.41) is 9.97. The highest BCUT2D eigenvalue weighted by molar-refractivity contribution is 5.32. The number of aliphatic hydroxyl groups is 1. The van der Waals surface area contributed by atoms with Crippen molar-refractivity contribution >= 4 is 0 Å². The lowest BCUT2D eigenvalue weighted by molar-refractivity contribution is -0.137. The van der Waals surface area contributed by atoms with Crippen LogP contribution >= 0.6 is 0 Å². The highest BCUT2D eigenvalue weighted by atomic mass is 19.4. The molecule has 0 aliphatic heterocycles. The summed E-state index contributed by atoms with van der Waals surface area (Å²) in [6.45, 7) is 0. The van der Waals surface area contributed by atoms with E-state index in [9.17, 15) is 18.3 Å². The van der Waals surface area contributed by atoms with Gasteiger partial charge in [-0.05, 0) is 42.5 Å². The van der Waals surface area contributed by atoms with Crippen molar-refractivity contribution in [3.63, 3.8) is 0 Å². The first-order chi connectivity index (χ1) is 7.98. The molecule has 0 bridgehead atoms. The Morgan fingerprint density at radius 3 is 2.59 bits per heavy atom. The van der Waals surface area contributed by atoms with Crippen LogP contribution in [0.2, 0.25) is 0 Å². The predicted molar refractivity (Wildman–Crippen MR) is 58.3 cm³/mol. The molecule has 2 rings (SSSR count). The summed E-state index contributed by atoms with van der Waals surface area (Å²) in [5.41, 5.74) is 0.421. The summed E-state index contributed by atoms with van der Waals surface area (Å²) in [4.78, 5) is 0. The first-order valence-electron chi connectivity index (χ1n) is 5.52. The molecule has 1 aliphatic carbocycles. The van der Waals surface area contributed by atoms with Crippen LogP contribution in [0.1, 0.15) is 36.5 Å². The Morgan fingerprint density at radius 1 is 1.24 bits per heavy atom. The number of rotatable bonds is 2. The zero-order valence-electron chi connectivity index (χ0n) is 9.17. The predicted octanol–water partition coefficient (Wildman–Crippen LogP) is 3.85. The van der Waals surface area contributed by atoms with Crippen LogP contribution in [0.25, 0.3) is 0 Å². The molecule has 1 aromatic rings. The first kappa shape index (κ1) is 12.2. The third-order valence-electron chi connectivity index (χ3n) is 2.96. The van der Waals surface area contributed by atoms with Crippen molar-refractivity contribution in [1.29, 1.82) is 0 Å². The van der Waals surface area contributed by atoms with Crippen LogP contribution in [0.4, 0.5) is 13.2 Å². The smallest absolute Gasteiger partial charge is 0.384 e. The minimum atomic E-state index is -4.36. The molecular formula is C13H13F3O. The van der Waals surface area contributed by atoms with Gasteiger partial charge in [0.05, 0.1) is 5.56 Å². The lowest BCUT2D eigenvalue weighted by Crippen LogP contribution is -2.07. The second-order valence-electron chi connectivity index (χ2n) is 4.20. The summed E-state index contributed by atoms with van der Waals surface area (Å²) in [7, 11) is 0. The van der Waals surface area contributed by atoms with E-state index in [1.54, 1.807) is 0 Å². The molecule has 4 heteroatoms. The summed E-state index contributed by atoms with van der Waals surface area (Å²) < 4.78 is 37.5. The molecule has 1 atom stereocenters. The SMILES string of the molecule is OC(C1=CCCC1)c1cccc(C(F)(F)F)c1. The standard InChI is InChI=1S/C13H13F3O/c14-13(15,16)11-7-3-6-10(8-11)12(17)9-4-1-2-5-9/h3-4,6-8,12,17H,1-2,5H2. The van der Waals surface area contributed by atoms with Crippen molar-refractivity contribution in [1.82, 2.24) is 0 Å². The van der Waals surface area contributed by atoms with Gasteiger partial charge < -0.3 is 5.11 Å². The third kappa shape index (κ3) is 2.69. The maximum absolute atomic E-state index is 12.5. The average molecular weight is 242 g/mol. The van der Waals surface area contributed by atoms with Crippen LogP contribution in [0.5, 0.6) is 0 Å². The Balaban J connectivity index is 2.27. The number of allylic oxidation sites excluding steroid dienone is 1. The Morgan fingerprint density at radius 2 is 2.00 bits per heavy atom. The van der Waals surface area contributed by atoms with Crippen LogP contribution in [0.15, 0.2) is 35.9 Å². The van der Waals surface area contributed by atoms with Crippen LogP contribution in [-0.4, -0.2) is 5.11 Å². The summed E-state index contributed by atoms with van der Waals surface area (Å²) in [5.74, 6) is 0. The van der Waals surface area contributed by atoms with E-state index in [1.807, 2.05) is 6.08 Å². The normalized spacial score (nSPS) is 18.0. The number of hydrogen-bond donors (Lipinski definition) is 1. The van der Waals surface area contributed by atoms with E-state index >= 15 is 0 Å². The van der Waals surface area contributed by atoms with Crippen molar-refractivity contribution in [2.45, 2.75) is 31.5 Å². The Hall–Kier alpha value is -1.29. The van der Waals surface area contributed by atoms with E-state index < -0.39 is 17.8 Å². The molecule has 1 aromatic carbocycles. The molecule has 1 nitrogen and oxygen atoms in total. The zero-order chi connectivity index (χ0) is 12.5. The van der Waals surface area contributed by atoms with Gasteiger partial charge in [-0.2, -0.15) is 13.2 Å². The molecule has 0 aromatic heterocycles. The van der Waals surface area contributed by atoms with E-state index in [2.05, 4.69) is 0 Å². The Labute approximate surface area is 97.6 Å². The van der Waals surface area contributed by atoms with Crippen molar-refractivity contribution < 1.29 is 18.3 Å². The van der Waals surface area contributed by atoms with Gasteiger partial charge in [0.2, 0.25) is 0 Å². The zero-order valence-corrected chi connectivity index (χ0v) is 9.17. The van der Waals surface area contributed by atoms with Crippen molar-refractivity contribution in [2.24, 2.45) is 0 Å². The Kier molecular flexibility index (Phi) is 3.24. The molecule has 0 radical (unpaired) electrons. The second kappa shape index (κ2) is 4.53. The van der Waals surface area contributed by atoms with E-state index in [0.717, 1.165) is 37.0 Å². The fourth-order valence-electron chi connectivity index (χ4n) is 2.04. The quantitative estimate of drug-likeness (QED) is 0.781. The van der Waals surface area contributed by atoms with Crippen LogP contribution < -0.4 is 0 Å². The van der Waals surface area contributed by atoms with Crippen molar-refractivity contribution in [2.75, 3.05) is 0 Å². The van der Waals surface area contributed by atoms with Crippen molar-refractivity contribution in [3.8, 4) is 0 Å². The van der Waals surface area contributed by atoms with E-state index in [0.29, 0.717) is 5.56 Å². The van der Waals surface area contributed by atoms with Crippen LogP contribution in [-0.2, 0) is 6.18 Å². The van der Waals surface area contributed by atoms with Crippen LogP contribution in [0, 0.1) is 0 Å². The minimum Gasteiger partial charge on any atom is -0.384 e. The first-order valence-corrected chi connectivity index (χ1v) is 5.52. The van der Waals surface area contributed by atoms with Crippen molar-refractivity contribution in [3.05, 3.63) is 47.0 Å². The van der Waals surface area contributed by atoms with Gasteiger partial charge in [-0.3, -0.25) is 0 Å². The molecule has 0 fully saturated rings. The Bertz CT molecular complexity index is 435. The molecule has 0 heterocycles. The number of alkyl halides is 3. The number of halogens is 3. The van der Waals surface area contributed by atoms with Gasteiger partial charge in [0.1, 0.15) is 6.10 Å². The minimum absolute atomic E-state index is 0.313. The van der Waals surface area contributed by atoms with Gasteiger partial charge in [-0.1, -0.05) is 18.2 Å². The summed E-state index contributed by atoms with van der Waals surface area (Å²) in [6.07, 6.45) is -0.737. The average Bonchev–Trinajstić information content (AvgIpc) is 2.80. The fraction of sp³-hybridized carbons (Fsp3) is 0.385. The van der Waals surface area contributed by atoms with E-state index in [1.165, 1.54) is 12.1 Å². The van der Waals surface area contributed by atoms with E-state index in [-0.39, 0.29) is 0 Å². The number of benzene rings is 1. The summed E-state index contributed by atoms with van der Waals surface area (Å²) >= 11 is 0. The molecule has 17 heavy (non-hydrogen) atoms. The van der Waals surface area contributed by atoms with E-state index in [4.69, 9.17) is 0 Å². The lowest BCUT2D eigenvalue weighted by atomic mass is 9.99. The molecule has 92 valence electrons. The van der Waals surface area contributed by atoms with Gasteiger partial charge in [0.15, 0.2) is 0 Å². The fourth-order valence-corrected chi connectivity index (χ4v) is 2.04. The number of aliphatic hydroxyl groups excluding tert-OH is 1. The third-order valence-corrected chi connectivity index (χ3v) is 2.96. The van der Waals surface area contributed by atoms with Gasteiger partial charge >= 0.3 is 6.18 Å². The maximum atomic E-state index is 12.5. The monoisotopic (exact) mass is 242 g/mol. The highest BCUT2D eigenvalue weighted by Gasteiger charge is 2.31. The molecule has 0 saturated heterocycles. The molecule has 0 spiro atoms. The topological polar surface area (TPSA) is 20.2 Å². The lowest BCUT2D eigenvalue weighted by Gasteiger charge is -2.14. The van der Waals surface area contributed by atoms with Gasteiger partial charge in [-0.15, -0.1) is 0 Å². The highest BCUT2D eigenvalue weighted by Crippen LogP contribution is 2.34. The van der Waals surface area contributed by atoms with Gasteiger partial charge in [-0.25, -0.2) is 0 Å². The van der Waals surface area contributed by atoms with Crippen LogP contribution in [0.3, 0.4) is 0 Å².